The van der Waals surface area contributed by atoms with Gasteiger partial charge in [-0.3, -0.25) is 4.79 Å². The highest BCUT2D eigenvalue weighted by Crippen LogP contribution is 2.33. The number of rotatable bonds is 5. The lowest BCUT2D eigenvalue weighted by molar-refractivity contribution is -0.132. The molecule has 0 aromatic heterocycles. The lowest BCUT2D eigenvalue weighted by Gasteiger charge is -2.36. The number of allylic oxidation sites excluding steroid dienone is 1. The van der Waals surface area contributed by atoms with Gasteiger partial charge < -0.3 is 4.90 Å². The van der Waals surface area contributed by atoms with Crippen LogP contribution in [0.1, 0.15) is 18.9 Å². The largest absolute Gasteiger partial charge is 0.335 e. The third kappa shape index (κ3) is 4.05. The minimum absolute atomic E-state index is 0.00396. The van der Waals surface area contributed by atoms with Crippen LogP contribution in [0.3, 0.4) is 0 Å². The van der Waals surface area contributed by atoms with Gasteiger partial charge in [-0.2, -0.15) is 0 Å². The summed E-state index contributed by atoms with van der Waals surface area (Å²) in [6, 6.07) is 2.65. The number of hydrogen-bond acceptors (Lipinski definition) is 3. The van der Waals surface area contributed by atoms with Crippen molar-refractivity contribution in [2.75, 3.05) is 12.8 Å². The second-order valence-corrected chi connectivity index (χ2v) is 8.96. The van der Waals surface area contributed by atoms with Crippen molar-refractivity contribution in [1.29, 1.82) is 0 Å². The van der Waals surface area contributed by atoms with E-state index in [1.165, 1.54) is 12.1 Å². The van der Waals surface area contributed by atoms with Gasteiger partial charge in [0.1, 0.15) is 0 Å². The van der Waals surface area contributed by atoms with Crippen LogP contribution in [0.25, 0.3) is 0 Å². The molecule has 1 aliphatic heterocycles. The van der Waals surface area contributed by atoms with Crippen LogP contribution in [-0.2, 0) is 21.1 Å². The number of sulfone groups is 1. The van der Waals surface area contributed by atoms with Crippen molar-refractivity contribution >= 4 is 38.9 Å². The highest BCUT2D eigenvalue weighted by molar-refractivity contribution is 7.90. The average Bonchev–Trinajstić information content (AvgIpc) is 2.56. The number of amides is 1. The van der Waals surface area contributed by atoms with Crippen molar-refractivity contribution in [3.05, 3.63) is 64.2 Å². The van der Waals surface area contributed by atoms with Gasteiger partial charge in [-0.1, -0.05) is 48.5 Å². The maximum absolute atomic E-state index is 12.9. The van der Waals surface area contributed by atoms with Crippen molar-refractivity contribution < 1.29 is 13.2 Å². The second-order valence-electron chi connectivity index (χ2n) is 6.19. The molecule has 1 aliphatic rings. The first kappa shape index (κ1) is 20.7. The van der Waals surface area contributed by atoms with E-state index in [0.29, 0.717) is 18.5 Å². The van der Waals surface area contributed by atoms with Gasteiger partial charge in [-0.05, 0) is 42.2 Å². The molecule has 1 aromatic carbocycles. The Bertz CT molecular complexity index is 904. The Morgan fingerprint density at radius 2 is 1.96 bits per heavy atom. The fourth-order valence-electron chi connectivity index (χ4n) is 3.15. The summed E-state index contributed by atoms with van der Waals surface area (Å²) in [6.45, 7) is 10.1. The standard InChI is InChI=1S/C19H21Cl2NO3S/c1-5-13-9-10-22(12(3)14(13)6-2)18(23)11-15-16(20)7-8-17(19(15)21)26(4,24)25/h5-8,12H,1-2,9-11H2,3-4H3. The molecule has 0 saturated carbocycles. The van der Waals surface area contributed by atoms with Crippen LogP contribution < -0.4 is 0 Å². The molecule has 1 heterocycles. The smallest absolute Gasteiger partial charge is 0.227 e. The predicted molar refractivity (Wildman–Crippen MR) is 106 cm³/mol. The van der Waals surface area contributed by atoms with Crippen molar-refractivity contribution in [3.63, 3.8) is 0 Å². The van der Waals surface area contributed by atoms with E-state index >= 15 is 0 Å². The Labute approximate surface area is 164 Å². The monoisotopic (exact) mass is 413 g/mol. The summed E-state index contributed by atoms with van der Waals surface area (Å²) in [5.74, 6) is -0.172. The normalized spacial score (nSPS) is 18.0. The van der Waals surface area contributed by atoms with E-state index in [1.807, 2.05) is 6.92 Å². The van der Waals surface area contributed by atoms with Crippen LogP contribution in [0.4, 0.5) is 0 Å². The summed E-state index contributed by atoms with van der Waals surface area (Å²) in [6.07, 6.45) is 5.22. The quantitative estimate of drug-likeness (QED) is 0.725. The number of halogens is 2. The molecule has 0 N–H and O–H groups in total. The first-order valence-corrected chi connectivity index (χ1v) is 10.7. The van der Waals surface area contributed by atoms with E-state index in [2.05, 4.69) is 13.2 Å². The molecule has 0 bridgehead atoms. The summed E-state index contributed by atoms with van der Waals surface area (Å²) < 4.78 is 23.7. The van der Waals surface area contributed by atoms with Crippen LogP contribution in [0.5, 0.6) is 0 Å². The Hall–Kier alpha value is -1.56. The topological polar surface area (TPSA) is 54.5 Å². The van der Waals surface area contributed by atoms with Gasteiger partial charge in [-0.25, -0.2) is 8.42 Å². The van der Waals surface area contributed by atoms with Crippen LogP contribution in [-0.4, -0.2) is 38.1 Å². The molecule has 26 heavy (non-hydrogen) atoms. The van der Waals surface area contributed by atoms with E-state index in [4.69, 9.17) is 23.2 Å². The molecule has 0 radical (unpaired) electrons. The zero-order chi connectivity index (χ0) is 19.6. The summed E-state index contributed by atoms with van der Waals surface area (Å²) in [4.78, 5) is 14.6. The first-order chi connectivity index (χ1) is 12.1. The van der Waals surface area contributed by atoms with Crippen LogP contribution in [0.15, 0.2) is 53.5 Å². The van der Waals surface area contributed by atoms with Crippen LogP contribution in [0.2, 0.25) is 10.0 Å². The van der Waals surface area contributed by atoms with E-state index in [9.17, 15) is 13.2 Å². The lowest BCUT2D eigenvalue weighted by Crippen LogP contribution is -2.44. The fourth-order valence-corrected chi connectivity index (χ4v) is 4.84. The number of benzene rings is 1. The molecule has 0 aliphatic carbocycles. The minimum Gasteiger partial charge on any atom is -0.335 e. The van der Waals surface area contributed by atoms with E-state index in [-0.39, 0.29) is 33.3 Å². The number of carbonyl (C=O) groups is 1. The summed E-state index contributed by atoms with van der Waals surface area (Å²) in [5.41, 5.74) is 2.36. The van der Waals surface area contributed by atoms with Gasteiger partial charge in [0.05, 0.1) is 22.4 Å². The van der Waals surface area contributed by atoms with Crippen molar-refractivity contribution in [2.45, 2.75) is 30.7 Å². The molecule has 4 nitrogen and oxygen atoms in total. The summed E-state index contributed by atoms with van der Waals surface area (Å²) >= 11 is 12.4. The molecule has 1 amide bonds. The van der Waals surface area contributed by atoms with Crippen molar-refractivity contribution in [2.24, 2.45) is 0 Å². The molecular weight excluding hydrogens is 393 g/mol. The van der Waals surface area contributed by atoms with Gasteiger partial charge in [0.2, 0.25) is 5.91 Å². The van der Waals surface area contributed by atoms with E-state index in [1.54, 1.807) is 17.1 Å². The Morgan fingerprint density at radius 3 is 2.50 bits per heavy atom. The predicted octanol–water partition coefficient (Wildman–Crippen LogP) is 4.23. The van der Waals surface area contributed by atoms with Gasteiger partial charge in [0, 0.05) is 17.8 Å². The Kier molecular flexibility index (Phi) is 6.37. The molecule has 7 heteroatoms. The van der Waals surface area contributed by atoms with Gasteiger partial charge in [-0.15, -0.1) is 0 Å². The third-order valence-corrected chi connectivity index (χ3v) is 6.61. The van der Waals surface area contributed by atoms with Gasteiger partial charge >= 0.3 is 0 Å². The van der Waals surface area contributed by atoms with E-state index in [0.717, 1.165) is 17.4 Å². The highest BCUT2D eigenvalue weighted by atomic mass is 35.5. The molecule has 2 rings (SSSR count). The Morgan fingerprint density at radius 1 is 1.31 bits per heavy atom. The number of carbonyl (C=O) groups excluding carboxylic acids is 1. The molecule has 140 valence electrons. The third-order valence-electron chi connectivity index (χ3n) is 4.58. The van der Waals surface area contributed by atoms with Gasteiger partial charge in [0.15, 0.2) is 9.84 Å². The molecule has 0 saturated heterocycles. The van der Waals surface area contributed by atoms with Crippen molar-refractivity contribution in [1.82, 2.24) is 4.90 Å². The first-order valence-electron chi connectivity index (χ1n) is 8.06. The average molecular weight is 414 g/mol. The lowest BCUT2D eigenvalue weighted by atomic mass is 9.93. The molecular formula is C19H21Cl2NO3S. The second kappa shape index (κ2) is 7.99. The minimum atomic E-state index is -3.51. The number of hydrogen-bond donors (Lipinski definition) is 0. The van der Waals surface area contributed by atoms with Crippen molar-refractivity contribution in [3.8, 4) is 0 Å². The highest BCUT2D eigenvalue weighted by Gasteiger charge is 2.29. The van der Waals surface area contributed by atoms with E-state index < -0.39 is 9.84 Å². The molecule has 1 aromatic rings. The molecule has 1 unspecified atom stereocenters. The molecule has 1 atom stereocenters. The zero-order valence-corrected chi connectivity index (χ0v) is 17.1. The fraction of sp³-hybridized carbons (Fsp3) is 0.316. The number of nitrogens with zero attached hydrogens (tertiary/aromatic N) is 1. The molecule has 0 fully saturated rings. The molecule has 0 spiro atoms. The van der Waals surface area contributed by atoms with Crippen LogP contribution >= 0.6 is 23.2 Å². The maximum Gasteiger partial charge on any atom is 0.227 e. The van der Waals surface area contributed by atoms with Gasteiger partial charge in [0.25, 0.3) is 0 Å². The zero-order valence-electron chi connectivity index (χ0n) is 14.8. The van der Waals surface area contributed by atoms with Crippen LogP contribution in [0, 0.1) is 0 Å². The summed E-state index contributed by atoms with van der Waals surface area (Å²) in [7, 11) is -3.51. The maximum atomic E-state index is 12.9. The summed E-state index contributed by atoms with van der Waals surface area (Å²) in [5, 5.41) is 0.274. The Balaban J connectivity index is 2.36. The SMILES string of the molecule is C=CC1=C(C=C)C(C)N(C(=O)Cc2c(Cl)ccc(S(C)(=O)=O)c2Cl)CC1.